The zero-order valence-corrected chi connectivity index (χ0v) is 10.1. The van der Waals surface area contributed by atoms with Gasteiger partial charge in [-0.1, -0.05) is 0 Å². The van der Waals surface area contributed by atoms with E-state index < -0.39 is 0 Å². The molecule has 0 spiro atoms. The predicted molar refractivity (Wildman–Crippen MR) is 56.9 cm³/mol. The molecule has 0 aromatic heterocycles. The van der Waals surface area contributed by atoms with E-state index in [-0.39, 0.29) is 19.8 Å². The minimum absolute atomic E-state index is 0.0718. The van der Waals surface area contributed by atoms with E-state index in [1.165, 1.54) is 0 Å². The third kappa shape index (κ3) is 5.74. The zero-order valence-electron chi connectivity index (χ0n) is 8.38. The Morgan fingerprint density at radius 1 is 1.54 bits per heavy atom. The summed E-state index contributed by atoms with van der Waals surface area (Å²) in [4.78, 5) is 13.6. The van der Waals surface area contributed by atoms with Gasteiger partial charge in [0.15, 0.2) is 0 Å². The fourth-order valence-electron chi connectivity index (χ4n) is 0.972. The van der Waals surface area contributed by atoms with Gasteiger partial charge < -0.3 is 0 Å². The fourth-order valence-corrected chi connectivity index (χ4v) is 1.90. The summed E-state index contributed by atoms with van der Waals surface area (Å²) in [6, 6.07) is 0. The molecule has 13 heavy (non-hydrogen) atoms. The molecule has 0 aliphatic heterocycles. The van der Waals surface area contributed by atoms with E-state index in [1.54, 1.807) is 0 Å². The van der Waals surface area contributed by atoms with Gasteiger partial charge in [-0.25, -0.2) is 0 Å². The third-order valence-electron chi connectivity index (χ3n) is 1.74. The van der Waals surface area contributed by atoms with E-state index in [9.17, 15) is 4.79 Å². The van der Waals surface area contributed by atoms with Gasteiger partial charge in [-0.2, -0.15) is 0 Å². The number of nitrogens with zero attached hydrogens (tertiary/aromatic N) is 1. The number of hydrogen-bond acceptors (Lipinski definition) is 1. The molecule has 0 aromatic carbocycles. The Morgan fingerprint density at radius 3 is 2.69 bits per heavy atom. The molecule has 0 atom stereocenters. The van der Waals surface area contributed by atoms with Crippen molar-refractivity contribution in [2.45, 2.75) is 32.0 Å². The molecule has 74 valence electrons. The number of unbranched alkanes of at least 4 members (excludes halogenated alkanes) is 1. The summed E-state index contributed by atoms with van der Waals surface area (Å²) in [5, 5.41) is 0. The fraction of sp³-hybridized carbons (Fsp3) is 0.700. The van der Waals surface area contributed by atoms with Gasteiger partial charge >= 0.3 is 86.9 Å². The van der Waals surface area contributed by atoms with Crippen molar-refractivity contribution in [2.75, 3.05) is 13.1 Å². The van der Waals surface area contributed by atoms with Gasteiger partial charge in [0.1, 0.15) is 0 Å². The van der Waals surface area contributed by atoms with Crippen molar-refractivity contribution >= 4 is 19.8 Å². The van der Waals surface area contributed by atoms with Gasteiger partial charge in [0.05, 0.1) is 0 Å². The Morgan fingerprint density at radius 2 is 2.23 bits per heavy atom. The van der Waals surface area contributed by atoms with Crippen molar-refractivity contribution < 1.29 is 4.79 Å². The van der Waals surface area contributed by atoms with Crippen LogP contribution in [0, 0.1) is 12.3 Å². The number of terminal acetylenes is 1. The monoisotopic (exact) mass is 247 g/mol. The quantitative estimate of drug-likeness (QED) is 0.518. The van der Waals surface area contributed by atoms with Crippen molar-refractivity contribution in [1.29, 1.82) is 0 Å². The SMILES string of the molecule is C#CCCN(CCCC)C(=O)[Se]C. The maximum atomic E-state index is 11.4. The minimum atomic E-state index is 0.0718. The van der Waals surface area contributed by atoms with Gasteiger partial charge in [-0.15, -0.1) is 0 Å². The molecule has 0 unspecified atom stereocenters. The van der Waals surface area contributed by atoms with Crippen LogP contribution >= 0.6 is 0 Å². The first-order valence-corrected chi connectivity index (χ1v) is 7.09. The van der Waals surface area contributed by atoms with Crippen LogP contribution in [0.25, 0.3) is 0 Å². The molecule has 0 bridgehead atoms. The first-order chi connectivity index (χ1) is 6.26. The summed E-state index contributed by atoms with van der Waals surface area (Å²) in [7, 11) is 0. The van der Waals surface area contributed by atoms with E-state index in [0.29, 0.717) is 6.42 Å². The van der Waals surface area contributed by atoms with Crippen LogP contribution in [0.4, 0.5) is 4.79 Å². The maximum absolute atomic E-state index is 11.4. The standard InChI is InChI=1S/C10H17NOSe/c1-4-6-8-11(9-7-5-2)10(12)13-3/h1H,5-9H2,2-3H3. The summed E-state index contributed by atoms with van der Waals surface area (Å²) in [6.07, 6.45) is 8.03. The Labute approximate surface area is 87.2 Å². The molecule has 0 aliphatic rings. The molecule has 0 aliphatic carbocycles. The molecular weight excluding hydrogens is 229 g/mol. The number of hydrogen-bond donors (Lipinski definition) is 0. The van der Waals surface area contributed by atoms with Crippen LogP contribution in [0.3, 0.4) is 0 Å². The number of amides is 1. The summed E-state index contributed by atoms with van der Waals surface area (Å²) >= 11 is 0.0718. The Hall–Kier alpha value is -0.451. The van der Waals surface area contributed by atoms with E-state index in [4.69, 9.17) is 6.42 Å². The average Bonchev–Trinajstić information content (AvgIpc) is 2.17. The molecule has 0 saturated carbocycles. The molecule has 0 N–H and O–H groups in total. The summed E-state index contributed by atoms with van der Waals surface area (Å²) in [6.45, 7) is 3.72. The van der Waals surface area contributed by atoms with E-state index >= 15 is 0 Å². The van der Waals surface area contributed by atoms with Crippen LogP contribution in [0.1, 0.15) is 26.2 Å². The summed E-state index contributed by atoms with van der Waals surface area (Å²) in [5.41, 5.74) is 0. The van der Waals surface area contributed by atoms with Crippen molar-refractivity contribution in [3.63, 3.8) is 0 Å². The van der Waals surface area contributed by atoms with Crippen LogP contribution in [0.5, 0.6) is 0 Å². The molecule has 0 saturated heterocycles. The van der Waals surface area contributed by atoms with Gasteiger partial charge in [0.2, 0.25) is 0 Å². The number of carbonyl (C=O) groups is 1. The zero-order chi connectivity index (χ0) is 10.1. The van der Waals surface area contributed by atoms with E-state index in [2.05, 4.69) is 12.8 Å². The number of carbonyl (C=O) groups excluding carboxylic acids is 1. The summed E-state index contributed by atoms with van der Waals surface area (Å²) < 4.78 is 0. The molecular formula is C10H17NOSe. The molecule has 1 amide bonds. The van der Waals surface area contributed by atoms with Crippen LogP contribution in [0.15, 0.2) is 0 Å². The van der Waals surface area contributed by atoms with Crippen molar-refractivity contribution in [3.05, 3.63) is 0 Å². The molecule has 3 heteroatoms. The molecule has 0 fully saturated rings. The van der Waals surface area contributed by atoms with Crippen molar-refractivity contribution in [2.24, 2.45) is 0 Å². The van der Waals surface area contributed by atoms with Gasteiger partial charge in [0, 0.05) is 0 Å². The molecule has 0 rings (SSSR count). The van der Waals surface area contributed by atoms with Gasteiger partial charge in [-0.3, -0.25) is 0 Å². The van der Waals surface area contributed by atoms with Crippen molar-refractivity contribution in [3.8, 4) is 12.3 Å². The Kier molecular flexibility index (Phi) is 7.88. The Bertz CT molecular complexity index is 186. The van der Waals surface area contributed by atoms with E-state index in [0.717, 1.165) is 25.9 Å². The Balaban J connectivity index is 3.88. The topological polar surface area (TPSA) is 20.3 Å². The van der Waals surface area contributed by atoms with Gasteiger partial charge in [0.25, 0.3) is 0 Å². The molecule has 0 radical (unpaired) electrons. The first kappa shape index (κ1) is 12.5. The molecule has 0 aromatic rings. The second-order valence-electron chi connectivity index (χ2n) is 2.76. The van der Waals surface area contributed by atoms with Crippen LogP contribution in [-0.4, -0.2) is 37.8 Å². The third-order valence-corrected chi connectivity index (χ3v) is 3.01. The summed E-state index contributed by atoms with van der Waals surface area (Å²) in [5.74, 6) is 4.52. The van der Waals surface area contributed by atoms with Crippen LogP contribution in [-0.2, 0) is 0 Å². The van der Waals surface area contributed by atoms with Crippen LogP contribution in [0.2, 0.25) is 5.82 Å². The predicted octanol–water partition coefficient (Wildman–Crippen LogP) is 1.98. The first-order valence-electron chi connectivity index (χ1n) is 4.52. The molecule has 2 nitrogen and oxygen atoms in total. The van der Waals surface area contributed by atoms with E-state index in [1.807, 2.05) is 10.7 Å². The second-order valence-corrected chi connectivity index (χ2v) is 4.35. The normalized spacial score (nSPS) is 9.31. The molecule has 0 heterocycles. The second kappa shape index (κ2) is 8.16. The van der Waals surface area contributed by atoms with Crippen LogP contribution < -0.4 is 0 Å². The van der Waals surface area contributed by atoms with Crippen molar-refractivity contribution in [1.82, 2.24) is 4.90 Å². The van der Waals surface area contributed by atoms with Gasteiger partial charge in [-0.05, 0) is 0 Å². The number of rotatable bonds is 6. The average molecular weight is 246 g/mol.